The number of nitrogens with one attached hydrogen (secondary N) is 2. The summed E-state index contributed by atoms with van der Waals surface area (Å²) in [6.07, 6.45) is 0. The van der Waals surface area contributed by atoms with E-state index in [1.54, 1.807) is 13.2 Å². The monoisotopic (exact) mass is 422 g/mol. The number of aliphatic imine (C=N–C) groups is 1. The number of nitro groups is 1. The average molecular weight is 422 g/mol. The van der Waals surface area contributed by atoms with E-state index in [2.05, 4.69) is 15.6 Å². The Morgan fingerprint density at radius 1 is 1.50 bits per heavy atom. The molecule has 0 radical (unpaired) electrons. The summed E-state index contributed by atoms with van der Waals surface area (Å²) in [6, 6.07) is 6.61. The van der Waals surface area contributed by atoms with Crippen molar-refractivity contribution in [3.63, 3.8) is 0 Å². The van der Waals surface area contributed by atoms with Crippen molar-refractivity contribution >= 4 is 35.6 Å². The van der Waals surface area contributed by atoms with Crippen molar-refractivity contribution in [2.24, 2.45) is 4.99 Å². The zero-order valence-corrected chi connectivity index (χ0v) is 15.4. The molecule has 0 aliphatic carbocycles. The second-order valence-corrected chi connectivity index (χ2v) is 4.62. The minimum Gasteiger partial charge on any atom is -0.383 e. The van der Waals surface area contributed by atoms with Gasteiger partial charge in [-0.05, 0) is 19.4 Å². The standard InChI is InChI=1S/C14H22N4O3.HI/c1-4-15-14(17-11(2)10-21-3)16-9-12-6-5-7-13(8-12)18(19)20;/h5-8,11H,4,9-10H2,1-3H3,(H2,15,16,17);1H. The molecule has 0 aliphatic heterocycles. The fraction of sp³-hybridized carbons (Fsp3) is 0.500. The maximum atomic E-state index is 10.7. The van der Waals surface area contributed by atoms with Gasteiger partial charge in [-0.15, -0.1) is 24.0 Å². The van der Waals surface area contributed by atoms with Crippen LogP contribution in [0.15, 0.2) is 29.3 Å². The fourth-order valence-electron chi connectivity index (χ4n) is 1.78. The van der Waals surface area contributed by atoms with Gasteiger partial charge in [0, 0.05) is 31.8 Å². The smallest absolute Gasteiger partial charge is 0.269 e. The number of hydrogen-bond acceptors (Lipinski definition) is 4. The molecule has 1 aromatic rings. The molecule has 0 aliphatic rings. The fourth-order valence-corrected chi connectivity index (χ4v) is 1.78. The highest BCUT2D eigenvalue weighted by Gasteiger charge is 2.07. The van der Waals surface area contributed by atoms with Crippen LogP contribution in [0.2, 0.25) is 0 Å². The summed E-state index contributed by atoms with van der Waals surface area (Å²) < 4.78 is 5.07. The molecule has 2 N–H and O–H groups in total. The van der Waals surface area contributed by atoms with E-state index in [0.717, 1.165) is 12.1 Å². The maximum absolute atomic E-state index is 10.7. The van der Waals surface area contributed by atoms with Crippen molar-refractivity contribution < 1.29 is 9.66 Å². The van der Waals surface area contributed by atoms with Gasteiger partial charge in [-0.25, -0.2) is 4.99 Å². The molecule has 0 aromatic heterocycles. The molecule has 0 spiro atoms. The molecule has 0 amide bonds. The number of non-ortho nitro benzene ring substituents is 1. The van der Waals surface area contributed by atoms with Gasteiger partial charge in [0.25, 0.3) is 5.69 Å². The molecule has 1 aromatic carbocycles. The van der Waals surface area contributed by atoms with E-state index in [-0.39, 0.29) is 35.7 Å². The molecular formula is C14H23IN4O3. The van der Waals surface area contributed by atoms with Crippen molar-refractivity contribution in [2.75, 3.05) is 20.3 Å². The minimum atomic E-state index is -0.405. The minimum absolute atomic E-state index is 0. The number of halogens is 1. The first-order valence-electron chi connectivity index (χ1n) is 6.84. The molecule has 0 heterocycles. The van der Waals surface area contributed by atoms with Gasteiger partial charge in [-0.3, -0.25) is 10.1 Å². The molecule has 0 saturated heterocycles. The molecule has 1 atom stereocenters. The first-order chi connectivity index (χ1) is 10.1. The van der Waals surface area contributed by atoms with Crippen molar-refractivity contribution in [1.82, 2.24) is 10.6 Å². The Balaban J connectivity index is 0.00000441. The molecular weight excluding hydrogens is 399 g/mol. The van der Waals surface area contributed by atoms with Crippen LogP contribution in [-0.4, -0.2) is 37.2 Å². The van der Waals surface area contributed by atoms with E-state index in [4.69, 9.17) is 4.74 Å². The van der Waals surface area contributed by atoms with E-state index in [9.17, 15) is 10.1 Å². The van der Waals surface area contributed by atoms with Gasteiger partial charge in [-0.1, -0.05) is 12.1 Å². The summed E-state index contributed by atoms with van der Waals surface area (Å²) in [7, 11) is 1.64. The van der Waals surface area contributed by atoms with Gasteiger partial charge < -0.3 is 15.4 Å². The highest BCUT2D eigenvalue weighted by molar-refractivity contribution is 14.0. The zero-order valence-electron chi connectivity index (χ0n) is 13.0. The summed E-state index contributed by atoms with van der Waals surface area (Å²) in [4.78, 5) is 14.8. The molecule has 8 heteroatoms. The SMILES string of the molecule is CCNC(=NCc1cccc([N+](=O)[O-])c1)NC(C)COC.I. The van der Waals surface area contributed by atoms with Crippen molar-refractivity contribution in [3.8, 4) is 0 Å². The van der Waals surface area contributed by atoms with E-state index >= 15 is 0 Å². The molecule has 0 saturated carbocycles. The highest BCUT2D eigenvalue weighted by Crippen LogP contribution is 2.13. The van der Waals surface area contributed by atoms with E-state index in [1.165, 1.54) is 12.1 Å². The molecule has 7 nitrogen and oxygen atoms in total. The van der Waals surface area contributed by atoms with E-state index < -0.39 is 4.92 Å². The van der Waals surface area contributed by atoms with Gasteiger partial charge in [0.15, 0.2) is 5.96 Å². The quantitative estimate of drug-likeness (QED) is 0.232. The Bertz CT molecular complexity index is 497. The van der Waals surface area contributed by atoms with Crippen LogP contribution < -0.4 is 10.6 Å². The number of rotatable bonds is 7. The number of benzene rings is 1. The normalized spacial score (nSPS) is 12.2. The lowest BCUT2D eigenvalue weighted by Crippen LogP contribution is -2.43. The van der Waals surface area contributed by atoms with Crippen molar-refractivity contribution in [2.45, 2.75) is 26.4 Å². The van der Waals surface area contributed by atoms with Crippen LogP contribution >= 0.6 is 24.0 Å². The number of hydrogen-bond donors (Lipinski definition) is 2. The Morgan fingerprint density at radius 2 is 2.23 bits per heavy atom. The average Bonchev–Trinajstić information content (AvgIpc) is 2.45. The van der Waals surface area contributed by atoms with Crippen LogP contribution in [0.25, 0.3) is 0 Å². The highest BCUT2D eigenvalue weighted by atomic mass is 127. The summed E-state index contributed by atoms with van der Waals surface area (Å²) in [6.45, 7) is 5.65. The lowest BCUT2D eigenvalue weighted by molar-refractivity contribution is -0.384. The summed E-state index contributed by atoms with van der Waals surface area (Å²) in [5.74, 6) is 0.661. The van der Waals surface area contributed by atoms with Crippen LogP contribution in [0.5, 0.6) is 0 Å². The third-order valence-electron chi connectivity index (χ3n) is 2.69. The summed E-state index contributed by atoms with van der Waals surface area (Å²) in [5, 5.41) is 17.1. The first kappa shape index (κ1) is 20.6. The van der Waals surface area contributed by atoms with Crippen LogP contribution in [0, 0.1) is 10.1 Å². The predicted molar refractivity (Wildman–Crippen MR) is 97.8 cm³/mol. The second-order valence-electron chi connectivity index (χ2n) is 4.62. The Kier molecular flexibility index (Phi) is 10.5. The molecule has 1 rings (SSSR count). The van der Waals surface area contributed by atoms with Gasteiger partial charge >= 0.3 is 0 Å². The number of nitrogens with zero attached hydrogens (tertiary/aromatic N) is 2. The Morgan fingerprint density at radius 3 is 2.82 bits per heavy atom. The van der Waals surface area contributed by atoms with E-state index in [1.807, 2.05) is 19.9 Å². The van der Waals surface area contributed by atoms with Gasteiger partial charge in [-0.2, -0.15) is 0 Å². The van der Waals surface area contributed by atoms with Crippen LogP contribution in [0.4, 0.5) is 5.69 Å². The lowest BCUT2D eigenvalue weighted by atomic mass is 10.2. The second kappa shape index (κ2) is 11.2. The largest absolute Gasteiger partial charge is 0.383 e. The maximum Gasteiger partial charge on any atom is 0.269 e. The van der Waals surface area contributed by atoms with Gasteiger partial charge in [0.2, 0.25) is 0 Å². The summed E-state index contributed by atoms with van der Waals surface area (Å²) >= 11 is 0. The molecule has 0 bridgehead atoms. The Hall–Kier alpha value is -1.42. The van der Waals surface area contributed by atoms with Gasteiger partial charge in [0.1, 0.15) is 0 Å². The van der Waals surface area contributed by atoms with Crippen molar-refractivity contribution in [3.05, 3.63) is 39.9 Å². The summed E-state index contributed by atoms with van der Waals surface area (Å²) in [5.41, 5.74) is 0.870. The number of nitro benzene ring substituents is 1. The van der Waals surface area contributed by atoms with E-state index in [0.29, 0.717) is 19.1 Å². The molecule has 124 valence electrons. The van der Waals surface area contributed by atoms with Crippen molar-refractivity contribution in [1.29, 1.82) is 0 Å². The Labute approximate surface area is 147 Å². The molecule has 1 unspecified atom stereocenters. The number of ether oxygens (including phenoxy) is 1. The predicted octanol–water partition coefficient (Wildman–Crippen LogP) is 2.30. The topological polar surface area (TPSA) is 88.8 Å². The third-order valence-corrected chi connectivity index (χ3v) is 2.69. The third kappa shape index (κ3) is 7.55. The lowest BCUT2D eigenvalue weighted by Gasteiger charge is -2.16. The van der Waals surface area contributed by atoms with Crippen LogP contribution in [-0.2, 0) is 11.3 Å². The first-order valence-corrected chi connectivity index (χ1v) is 6.84. The van der Waals surface area contributed by atoms with Gasteiger partial charge in [0.05, 0.1) is 18.1 Å². The van der Waals surface area contributed by atoms with Crippen LogP contribution in [0.3, 0.4) is 0 Å². The molecule has 22 heavy (non-hydrogen) atoms. The molecule has 0 fully saturated rings. The zero-order chi connectivity index (χ0) is 15.7. The number of methoxy groups -OCH3 is 1. The number of guanidine groups is 1. The van der Waals surface area contributed by atoms with Crippen LogP contribution in [0.1, 0.15) is 19.4 Å².